The van der Waals surface area contributed by atoms with Crippen LogP contribution in [0.1, 0.15) is 18.1 Å². The maximum Gasteiger partial charge on any atom is 0.228 e. The van der Waals surface area contributed by atoms with Crippen LogP contribution in [0.4, 0.5) is 5.69 Å². The van der Waals surface area contributed by atoms with Gasteiger partial charge < -0.3 is 5.32 Å². The molecule has 88 valence electrons. The van der Waals surface area contributed by atoms with Crippen molar-refractivity contribution in [2.45, 2.75) is 20.8 Å². The molecular weight excluding hydrogens is 289 g/mol. The molecule has 0 fully saturated rings. The molecule has 0 heterocycles. The zero-order valence-corrected chi connectivity index (χ0v) is 11.9. The summed E-state index contributed by atoms with van der Waals surface area (Å²) in [6, 6.07) is 3.88. The molecule has 1 aromatic carbocycles. The number of benzene rings is 1. The first-order valence-corrected chi connectivity index (χ1v) is 6.42. The fraction of sp³-hybridized carbons (Fsp3) is 0.417. The van der Waals surface area contributed by atoms with Crippen LogP contribution in [0.2, 0.25) is 0 Å². The van der Waals surface area contributed by atoms with E-state index in [2.05, 4.69) is 21.2 Å². The number of alkyl halides is 1. The molecule has 0 radical (unpaired) electrons. The molecule has 0 aliphatic heterocycles. The molecule has 4 heteroatoms. The normalized spacial score (nSPS) is 12.3. The van der Waals surface area contributed by atoms with Gasteiger partial charge in [0.25, 0.3) is 0 Å². The van der Waals surface area contributed by atoms with Gasteiger partial charge in [-0.2, -0.15) is 0 Å². The van der Waals surface area contributed by atoms with Gasteiger partial charge in [0.15, 0.2) is 0 Å². The van der Waals surface area contributed by atoms with Crippen molar-refractivity contribution in [3.8, 4) is 0 Å². The van der Waals surface area contributed by atoms with Gasteiger partial charge in [-0.3, -0.25) is 4.79 Å². The van der Waals surface area contributed by atoms with Crippen molar-refractivity contribution in [3.63, 3.8) is 0 Å². The Morgan fingerprint density at radius 2 is 1.94 bits per heavy atom. The van der Waals surface area contributed by atoms with Crippen LogP contribution >= 0.6 is 27.5 Å². The number of rotatable bonds is 3. The number of aryl methyl sites for hydroxylation is 2. The van der Waals surface area contributed by atoms with Crippen molar-refractivity contribution in [2.75, 3.05) is 11.2 Å². The quantitative estimate of drug-likeness (QED) is 0.844. The number of hydrogen-bond acceptors (Lipinski definition) is 1. The lowest BCUT2D eigenvalue weighted by molar-refractivity contribution is -0.118. The van der Waals surface area contributed by atoms with E-state index in [1.54, 1.807) is 6.92 Å². The van der Waals surface area contributed by atoms with Crippen molar-refractivity contribution in [3.05, 3.63) is 27.7 Å². The molecule has 16 heavy (non-hydrogen) atoms. The Morgan fingerprint density at radius 3 is 2.38 bits per heavy atom. The van der Waals surface area contributed by atoms with E-state index >= 15 is 0 Å². The summed E-state index contributed by atoms with van der Waals surface area (Å²) in [7, 11) is 0. The van der Waals surface area contributed by atoms with E-state index in [0.29, 0.717) is 5.88 Å². The molecule has 1 N–H and O–H groups in total. The third-order valence-electron chi connectivity index (χ3n) is 2.38. The van der Waals surface area contributed by atoms with Crippen LogP contribution < -0.4 is 5.32 Å². The highest BCUT2D eigenvalue weighted by Crippen LogP contribution is 2.25. The fourth-order valence-electron chi connectivity index (χ4n) is 1.35. The van der Waals surface area contributed by atoms with Gasteiger partial charge in [-0.1, -0.05) is 22.9 Å². The summed E-state index contributed by atoms with van der Waals surface area (Å²) in [5.74, 6) is 0.113. The number of amides is 1. The summed E-state index contributed by atoms with van der Waals surface area (Å²) in [5.41, 5.74) is 3.03. The van der Waals surface area contributed by atoms with Gasteiger partial charge in [0.2, 0.25) is 5.91 Å². The SMILES string of the molecule is Cc1cc(NC(=O)C(C)CCl)cc(C)c1Br. The standard InChI is InChI=1S/C12H15BrClNO/c1-7-4-10(5-8(2)11(7)13)15-12(16)9(3)6-14/h4-5,9H,6H2,1-3H3,(H,15,16). The third-order valence-corrected chi connectivity index (χ3v) is 4.10. The van der Waals surface area contributed by atoms with E-state index in [1.807, 2.05) is 26.0 Å². The Balaban J connectivity index is 2.87. The maximum absolute atomic E-state index is 11.6. The molecule has 1 aromatic rings. The van der Waals surface area contributed by atoms with E-state index in [4.69, 9.17) is 11.6 Å². The second kappa shape index (κ2) is 5.69. The zero-order chi connectivity index (χ0) is 12.3. The van der Waals surface area contributed by atoms with Crippen molar-refractivity contribution < 1.29 is 4.79 Å². The molecule has 0 spiro atoms. The van der Waals surface area contributed by atoms with E-state index in [0.717, 1.165) is 21.3 Å². The van der Waals surface area contributed by atoms with Gasteiger partial charge in [-0.15, -0.1) is 11.6 Å². The Bertz CT molecular complexity index is 383. The Hall–Kier alpha value is -0.540. The van der Waals surface area contributed by atoms with E-state index in [1.165, 1.54) is 0 Å². The van der Waals surface area contributed by atoms with Crippen LogP contribution in [0.25, 0.3) is 0 Å². The Kier molecular flexibility index (Phi) is 4.81. The summed E-state index contributed by atoms with van der Waals surface area (Å²) < 4.78 is 1.08. The molecule has 0 saturated heterocycles. The average molecular weight is 305 g/mol. The molecule has 1 rings (SSSR count). The molecule has 1 atom stereocenters. The monoisotopic (exact) mass is 303 g/mol. The zero-order valence-electron chi connectivity index (χ0n) is 9.60. The van der Waals surface area contributed by atoms with Crippen LogP contribution in [0.5, 0.6) is 0 Å². The number of anilines is 1. The summed E-state index contributed by atoms with van der Waals surface area (Å²) >= 11 is 9.12. The van der Waals surface area contributed by atoms with Gasteiger partial charge in [0.1, 0.15) is 0 Å². The highest BCUT2D eigenvalue weighted by molar-refractivity contribution is 9.10. The first kappa shape index (κ1) is 13.5. The van der Waals surface area contributed by atoms with E-state index in [-0.39, 0.29) is 11.8 Å². The number of carbonyl (C=O) groups is 1. The molecule has 0 saturated carbocycles. The van der Waals surface area contributed by atoms with Crippen LogP contribution in [0.3, 0.4) is 0 Å². The van der Waals surface area contributed by atoms with Crippen molar-refractivity contribution in [1.29, 1.82) is 0 Å². The lowest BCUT2D eigenvalue weighted by Gasteiger charge is -2.12. The Morgan fingerprint density at radius 1 is 1.44 bits per heavy atom. The fourth-order valence-corrected chi connectivity index (χ4v) is 1.72. The van der Waals surface area contributed by atoms with Gasteiger partial charge in [-0.25, -0.2) is 0 Å². The molecular formula is C12H15BrClNO. The molecule has 1 amide bonds. The van der Waals surface area contributed by atoms with Gasteiger partial charge >= 0.3 is 0 Å². The van der Waals surface area contributed by atoms with E-state index in [9.17, 15) is 4.79 Å². The highest BCUT2D eigenvalue weighted by atomic mass is 79.9. The second-order valence-corrected chi connectivity index (χ2v) is 5.07. The number of hydrogen-bond donors (Lipinski definition) is 1. The minimum atomic E-state index is -0.175. The number of carbonyl (C=O) groups excluding carboxylic acids is 1. The summed E-state index contributed by atoms with van der Waals surface area (Å²) in [4.78, 5) is 11.6. The summed E-state index contributed by atoms with van der Waals surface area (Å²) in [6.07, 6.45) is 0. The second-order valence-electron chi connectivity index (χ2n) is 3.97. The highest BCUT2D eigenvalue weighted by Gasteiger charge is 2.12. The minimum Gasteiger partial charge on any atom is -0.326 e. The first-order chi connectivity index (χ1) is 7.45. The van der Waals surface area contributed by atoms with Crippen LogP contribution in [-0.4, -0.2) is 11.8 Å². The number of halogens is 2. The van der Waals surface area contributed by atoms with Gasteiger partial charge in [0, 0.05) is 22.0 Å². The number of nitrogens with one attached hydrogen (secondary N) is 1. The van der Waals surface area contributed by atoms with Crippen molar-refractivity contribution >= 4 is 39.1 Å². The molecule has 0 bridgehead atoms. The largest absolute Gasteiger partial charge is 0.326 e. The summed E-state index contributed by atoms with van der Waals surface area (Å²) in [6.45, 7) is 5.80. The van der Waals surface area contributed by atoms with E-state index < -0.39 is 0 Å². The minimum absolute atomic E-state index is 0.0453. The predicted molar refractivity (Wildman–Crippen MR) is 72.1 cm³/mol. The first-order valence-electron chi connectivity index (χ1n) is 5.09. The summed E-state index contributed by atoms with van der Waals surface area (Å²) in [5, 5.41) is 2.86. The van der Waals surface area contributed by atoms with Crippen LogP contribution in [-0.2, 0) is 4.79 Å². The van der Waals surface area contributed by atoms with Gasteiger partial charge in [0.05, 0.1) is 0 Å². The molecule has 0 aliphatic rings. The average Bonchev–Trinajstić information content (AvgIpc) is 2.24. The Labute approximate surface area is 110 Å². The van der Waals surface area contributed by atoms with Crippen LogP contribution in [0, 0.1) is 19.8 Å². The van der Waals surface area contributed by atoms with Gasteiger partial charge in [-0.05, 0) is 37.1 Å². The van der Waals surface area contributed by atoms with Crippen molar-refractivity contribution in [2.24, 2.45) is 5.92 Å². The van der Waals surface area contributed by atoms with Crippen molar-refractivity contribution in [1.82, 2.24) is 0 Å². The lowest BCUT2D eigenvalue weighted by atomic mass is 10.1. The third kappa shape index (κ3) is 3.22. The topological polar surface area (TPSA) is 29.1 Å². The molecule has 1 unspecified atom stereocenters. The molecule has 2 nitrogen and oxygen atoms in total. The predicted octanol–water partition coefficient (Wildman–Crippen LogP) is 3.88. The lowest BCUT2D eigenvalue weighted by Crippen LogP contribution is -2.21. The molecule has 0 aromatic heterocycles. The molecule has 0 aliphatic carbocycles. The maximum atomic E-state index is 11.6. The van der Waals surface area contributed by atoms with Crippen LogP contribution in [0.15, 0.2) is 16.6 Å². The smallest absolute Gasteiger partial charge is 0.228 e.